The fourth-order valence-corrected chi connectivity index (χ4v) is 5.50. The molecule has 3 nitrogen and oxygen atoms in total. The molecule has 1 fully saturated rings. The van der Waals surface area contributed by atoms with E-state index in [2.05, 4.69) is 47.4 Å². The highest BCUT2D eigenvalue weighted by atomic mass is 32.1. The lowest BCUT2D eigenvalue weighted by atomic mass is 9.88. The van der Waals surface area contributed by atoms with E-state index in [4.69, 9.17) is 4.98 Å². The van der Waals surface area contributed by atoms with Gasteiger partial charge in [-0.2, -0.15) is 0 Å². The van der Waals surface area contributed by atoms with Crippen molar-refractivity contribution in [1.29, 1.82) is 0 Å². The molecule has 2 heterocycles. The standard InChI is InChI=1S/C26H24N2OS/c29-26(24(19-9-3-1-4-10-19)20-11-5-2-6-12-20)28-17-15-21(16-18-28)25-27-22-13-7-8-14-23(22)30-25/h1-14,21,24H,15-18H2. The molecule has 5 rings (SSSR count). The zero-order valence-electron chi connectivity index (χ0n) is 16.8. The van der Waals surface area contributed by atoms with Crippen LogP contribution in [0.25, 0.3) is 10.2 Å². The quantitative estimate of drug-likeness (QED) is 0.422. The minimum atomic E-state index is -0.244. The lowest BCUT2D eigenvalue weighted by molar-refractivity contribution is -0.132. The number of carbonyl (C=O) groups is 1. The molecule has 0 spiro atoms. The number of benzene rings is 3. The van der Waals surface area contributed by atoms with Gasteiger partial charge in [-0.05, 0) is 36.1 Å². The van der Waals surface area contributed by atoms with Gasteiger partial charge in [0.25, 0.3) is 0 Å². The number of nitrogens with zero attached hydrogens (tertiary/aromatic N) is 2. The van der Waals surface area contributed by atoms with Crippen molar-refractivity contribution in [2.24, 2.45) is 0 Å². The molecule has 3 aromatic carbocycles. The van der Waals surface area contributed by atoms with Gasteiger partial charge in [0.2, 0.25) is 5.91 Å². The van der Waals surface area contributed by atoms with Gasteiger partial charge in [-0.3, -0.25) is 4.79 Å². The molecule has 0 saturated carbocycles. The van der Waals surface area contributed by atoms with E-state index in [1.54, 1.807) is 11.3 Å². The molecule has 1 aliphatic rings. The first-order chi connectivity index (χ1) is 14.8. The van der Waals surface area contributed by atoms with Gasteiger partial charge in [-0.25, -0.2) is 4.98 Å². The zero-order chi connectivity index (χ0) is 20.3. The fraction of sp³-hybridized carbons (Fsp3) is 0.231. The summed E-state index contributed by atoms with van der Waals surface area (Å²) in [6, 6.07) is 28.6. The second-order valence-corrected chi connectivity index (χ2v) is 8.94. The molecule has 1 aromatic heterocycles. The summed E-state index contributed by atoms with van der Waals surface area (Å²) >= 11 is 1.80. The van der Waals surface area contributed by atoms with Gasteiger partial charge >= 0.3 is 0 Å². The molecule has 0 bridgehead atoms. The predicted octanol–water partition coefficient (Wildman–Crippen LogP) is 5.83. The molecule has 4 heteroatoms. The average Bonchev–Trinajstić information content (AvgIpc) is 3.25. The Kier molecular flexibility index (Phi) is 5.33. The first-order valence-corrected chi connectivity index (χ1v) is 11.4. The Morgan fingerprint density at radius 2 is 1.40 bits per heavy atom. The van der Waals surface area contributed by atoms with Crippen molar-refractivity contribution in [3.8, 4) is 0 Å². The zero-order valence-corrected chi connectivity index (χ0v) is 17.6. The van der Waals surface area contributed by atoms with Crippen molar-refractivity contribution in [2.45, 2.75) is 24.7 Å². The van der Waals surface area contributed by atoms with E-state index in [0.717, 1.165) is 42.6 Å². The van der Waals surface area contributed by atoms with E-state index in [0.29, 0.717) is 5.92 Å². The van der Waals surface area contributed by atoms with Gasteiger partial charge in [0.05, 0.1) is 21.1 Å². The summed E-state index contributed by atoms with van der Waals surface area (Å²) in [6.07, 6.45) is 1.95. The predicted molar refractivity (Wildman–Crippen MR) is 123 cm³/mol. The lowest BCUT2D eigenvalue weighted by Gasteiger charge is -2.34. The minimum Gasteiger partial charge on any atom is -0.342 e. The molecule has 0 aliphatic carbocycles. The molecule has 1 aliphatic heterocycles. The van der Waals surface area contributed by atoms with E-state index >= 15 is 0 Å². The molecule has 0 unspecified atom stereocenters. The first kappa shape index (κ1) is 19.0. The van der Waals surface area contributed by atoms with E-state index < -0.39 is 0 Å². The molecule has 30 heavy (non-hydrogen) atoms. The Morgan fingerprint density at radius 3 is 2.00 bits per heavy atom. The Morgan fingerprint density at radius 1 is 0.833 bits per heavy atom. The number of hydrogen-bond acceptors (Lipinski definition) is 3. The second kappa shape index (κ2) is 8.41. The van der Waals surface area contributed by atoms with Gasteiger partial charge in [-0.15, -0.1) is 11.3 Å². The Bertz CT molecular complexity index is 1060. The number of fused-ring (bicyclic) bond motifs is 1. The van der Waals surface area contributed by atoms with Crippen LogP contribution in [-0.2, 0) is 4.79 Å². The highest BCUT2D eigenvalue weighted by molar-refractivity contribution is 7.18. The molecule has 0 atom stereocenters. The monoisotopic (exact) mass is 412 g/mol. The number of rotatable bonds is 4. The number of carbonyl (C=O) groups excluding carboxylic acids is 1. The lowest BCUT2D eigenvalue weighted by Crippen LogP contribution is -2.41. The number of aromatic nitrogens is 1. The van der Waals surface area contributed by atoms with E-state index in [1.807, 2.05) is 42.5 Å². The summed E-state index contributed by atoms with van der Waals surface area (Å²) in [5.41, 5.74) is 3.20. The summed E-state index contributed by atoms with van der Waals surface area (Å²) in [6.45, 7) is 1.57. The fourth-order valence-electron chi connectivity index (χ4n) is 4.36. The summed E-state index contributed by atoms with van der Waals surface area (Å²) in [7, 11) is 0. The summed E-state index contributed by atoms with van der Waals surface area (Å²) in [4.78, 5) is 20.5. The molecular formula is C26H24N2OS. The third-order valence-electron chi connectivity index (χ3n) is 5.98. The van der Waals surface area contributed by atoms with Crippen LogP contribution in [0, 0.1) is 0 Å². The number of thiazole rings is 1. The average molecular weight is 413 g/mol. The highest BCUT2D eigenvalue weighted by Crippen LogP contribution is 2.35. The van der Waals surface area contributed by atoms with Crippen molar-refractivity contribution in [3.63, 3.8) is 0 Å². The van der Waals surface area contributed by atoms with Crippen molar-refractivity contribution < 1.29 is 4.79 Å². The molecule has 4 aromatic rings. The maximum atomic E-state index is 13.6. The Labute approximate surface area is 181 Å². The first-order valence-electron chi connectivity index (χ1n) is 10.5. The topological polar surface area (TPSA) is 33.2 Å². The summed E-state index contributed by atoms with van der Waals surface area (Å²) in [5.74, 6) is 0.403. The van der Waals surface area contributed by atoms with Crippen LogP contribution in [0.1, 0.15) is 40.8 Å². The molecule has 0 N–H and O–H groups in total. The van der Waals surface area contributed by atoms with Crippen LogP contribution in [0.4, 0.5) is 0 Å². The Hall–Kier alpha value is -2.98. The molecular weight excluding hydrogens is 388 g/mol. The number of amides is 1. The molecule has 1 amide bonds. The second-order valence-electron chi connectivity index (χ2n) is 7.87. The number of piperidine rings is 1. The van der Waals surface area contributed by atoms with Crippen LogP contribution in [0.5, 0.6) is 0 Å². The van der Waals surface area contributed by atoms with Crippen molar-refractivity contribution in [3.05, 3.63) is 101 Å². The third kappa shape index (κ3) is 3.75. The summed E-state index contributed by atoms with van der Waals surface area (Å²) < 4.78 is 1.25. The van der Waals surface area contributed by atoms with Crippen LogP contribution >= 0.6 is 11.3 Å². The van der Waals surface area contributed by atoms with Crippen LogP contribution in [-0.4, -0.2) is 28.9 Å². The number of hydrogen-bond donors (Lipinski definition) is 0. The van der Waals surface area contributed by atoms with Gasteiger partial charge in [-0.1, -0.05) is 72.8 Å². The van der Waals surface area contributed by atoms with Gasteiger partial charge < -0.3 is 4.90 Å². The molecule has 0 radical (unpaired) electrons. The van der Waals surface area contributed by atoms with Crippen molar-refractivity contribution in [1.82, 2.24) is 9.88 Å². The van der Waals surface area contributed by atoms with Crippen LogP contribution < -0.4 is 0 Å². The summed E-state index contributed by atoms with van der Waals surface area (Å²) in [5, 5.41) is 1.21. The highest BCUT2D eigenvalue weighted by Gasteiger charge is 2.31. The van der Waals surface area contributed by atoms with E-state index in [9.17, 15) is 4.79 Å². The van der Waals surface area contributed by atoms with Crippen LogP contribution in [0.15, 0.2) is 84.9 Å². The molecule has 150 valence electrons. The van der Waals surface area contributed by atoms with Crippen LogP contribution in [0.3, 0.4) is 0 Å². The van der Waals surface area contributed by atoms with Crippen molar-refractivity contribution >= 4 is 27.5 Å². The SMILES string of the molecule is O=C(C(c1ccccc1)c1ccccc1)N1CCC(c2nc3ccccc3s2)CC1. The van der Waals surface area contributed by atoms with Gasteiger partial charge in [0.15, 0.2) is 0 Å². The molecule has 1 saturated heterocycles. The number of likely N-dealkylation sites (tertiary alicyclic amines) is 1. The normalized spacial score (nSPS) is 15.0. The maximum Gasteiger partial charge on any atom is 0.234 e. The number of para-hydroxylation sites is 1. The van der Waals surface area contributed by atoms with Crippen LogP contribution in [0.2, 0.25) is 0 Å². The third-order valence-corrected chi connectivity index (χ3v) is 7.18. The Balaban J connectivity index is 1.34. The van der Waals surface area contributed by atoms with Crippen molar-refractivity contribution in [2.75, 3.05) is 13.1 Å². The van der Waals surface area contributed by atoms with E-state index in [1.165, 1.54) is 9.71 Å². The maximum absolute atomic E-state index is 13.6. The largest absolute Gasteiger partial charge is 0.342 e. The van der Waals surface area contributed by atoms with Gasteiger partial charge in [0, 0.05) is 19.0 Å². The minimum absolute atomic E-state index is 0.204. The van der Waals surface area contributed by atoms with E-state index in [-0.39, 0.29) is 11.8 Å². The van der Waals surface area contributed by atoms with Gasteiger partial charge in [0.1, 0.15) is 0 Å². The smallest absolute Gasteiger partial charge is 0.234 e.